The molecule has 0 unspecified atom stereocenters. The zero-order valence-corrected chi connectivity index (χ0v) is 20.9. The summed E-state index contributed by atoms with van der Waals surface area (Å²) in [6.07, 6.45) is 5.66. The molecule has 2 heterocycles. The summed E-state index contributed by atoms with van der Waals surface area (Å²) in [5, 5.41) is 11.0. The summed E-state index contributed by atoms with van der Waals surface area (Å²) in [7, 11) is 1.68. The van der Waals surface area contributed by atoms with Crippen LogP contribution >= 0.6 is 11.8 Å². The Kier molecular flexibility index (Phi) is 8.46. The van der Waals surface area contributed by atoms with Gasteiger partial charge in [-0.15, -0.1) is 11.8 Å². The number of aryl methyl sites for hydroxylation is 2. The van der Waals surface area contributed by atoms with Crippen molar-refractivity contribution >= 4 is 28.6 Å². The Balaban J connectivity index is 1.29. The number of piperidine rings is 1. The van der Waals surface area contributed by atoms with E-state index in [1.54, 1.807) is 7.11 Å². The maximum Gasteiger partial charge on any atom is 0.308 e. The van der Waals surface area contributed by atoms with Gasteiger partial charge in [0.05, 0.1) is 18.5 Å². The van der Waals surface area contributed by atoms with Gasteiger partial charge in [-0.1, -0.05) is 17.7 Å². The fourth-order valence-corrected chi connectivity index (χ4v) is 5.82. The number of nitrogens with zero attached hydrogens (tertiary/aromatic N) is 2. The highest BCUT2D eigenvalue weighted by Crippen LogP contribution is 2.30. The number of fused-ring (bicyclic) bond motifs is 1. The van der Waals surface area contributed by atoms with Crippen molar-refractivity contribution in [3.63, 3.8) is 0 Å². The van der Waals surface area contributed by atoms with Crippen LogP contribution in [0.25, 0.3) is 10.9 Å². The molecule has 2 atom stereocenters. The molecule has 3 aromatic rings. The highest BCUT2D eigenvalue weighted by molar-refractivity contribution is 7.99. The lowest BCUT2D eigenvalue weighted by atomic mass is 9.81. The van der Waals surface area contributed by atoms with E-state index in [4.69, 9.17) is 4.74 Å². The Morgan fingerprint density at radius 2 is 2.03 bits per heavy atom. The molecule has 4 rings (SSSR count). The van der Waals surface area contributed by atoms with Crippen molar-refractivity contribution in [2.75, 3.05) is 32.5 Å². The SMILES string of the molecule is COc1ccc2nccc(CCC[C@@H]3CCN(CCSc4ccc(C)cc4)C[C@@H]3C(=O)O)c2c1. The highest BCUT2D eigenvalue weighted by atomic mass is 32.2. The number of aromatic nitrogens is 1. The Morgan fingerprint density at radius 1 is 1.21 bits per heavy atom. The van der Waals surface area contributed by atoms with E-state index in [1.807, 2.05) is 36.2 Å². The molecule has 0 bridgehead atoms. The summed E-state index contributed by atoms with van der Waals surface area (Å²) in [6.45, 7) is 4.67. The van der Waals surface area contributed by atoms with Crippen molar-refractivity contribution in [1.29, 1.82) is 0 Å². The molecule has 34 heavy (non-hydrogen) atoms. The second-order valence-corrected chi connectivity index (χ2v) is 10.4. The number of pyridine rings is 1. The number of hydrogen-bond donors (Lipinski definition) is 1. The van der Waals surface area contributed by atoms with Gasteiger partial charge in [0.25, 0.3) is 0 Å². The summed E-state index contributed by atoms with van der Waals surface area (Å²) >= 11 is 1.85. The first-order valence-electron chi connectivity index (χ1n) is 12.1. The molecule has 0 aliphatic carbocycles. The number of rotatable bonds is 10. The summed E-state index contributed by atoms with van der Waals surface area (Å²) in [6, 6.07) is 16.6. The first kappa shape index (κ1) is 24.6. The van der Waals surface area contributed by atoms with E-state index in [0.29, 0.717) is 6.54 Å². The quantitative estimate of drug-likeness (QED) is 0.378. The number of thioether (sulfide) groups is 1. The third kappa shape index (κ3) is 6.30. The number of hydrogen-bond acceptors (Lipinski definition) is 5. The molecule has 0 spiro atoms. The molecule has 1 aliphatic heterocycles. The number of carboxylic acids is 1. The number of ether oxygens (including phenoxy) is 1. The van der Waals surface area contributed by atoms with E-state index in [1.165, 1.54) is 16.0 Å². The molecule has 1 aliphatic rings. The van der Waals surface area contributed by atoms with Crippen LogP contribution in [0.1, 0.15) is 30.4 Å². The molecular weight excluding hydrogens is 444 g/mol. The van der Waals surface area contributed by atoms with Crippen molar-refractivity contribution in [3.05, 3.63) is 65.9 Å². The predicted octanol–water partition coefficient (Wildman–Crippen LogP) is 5.69. The third-order valence-electron chi connectivity index (χ3n) is 6.91. The van der Waals surface area contributed by atoms with Gasteiger partial charge < -0.3 is 14.7 Å². The minimum Gasteiger partial charge on any atom is -0.497 e. The van der Waals surface area contributed by atoms with Crippen molar-refractivity contribution in [1.82, 2.24) is 9.88 Å². The first-order chi connectivity index (χ1) is 16.5. The summed E-state index contributed by atoms with van der Waals surface area (Å²) in [4.78, 5) is 20.1. The lowest BCUT2D eigenvalue weighted by Gasteiger charge is -2.36. The molecule has 5 nitrogen and oxygen atoms in total. The number of aliphatic carboxylic acids is 1. The van der Waals surface area contributed by atoms with Crippen molar-refractivity contribution < 1.29 is 14.6 Å². The molecular formula is C28H34N2O3S. The normalized spacial score (nSPS) is 18.8. The molecule has 6 heteroatoms. The van der Waals surface area contributed by atoms with Crippen molar-refractivity contribution in [2.24, 2.45) is 11.8 Å². The van der Waals surface area contributed by atoms with E-state index < -0.39 is 5.97 Å². The maximum absolute atomic E-state index is 12.1. The van der Waals surface area contributed by atoms with E-state index in [9.17, 15) is 9.90 Å². The molecule has 0 amide bonds. The second-order valence-electron chi connectivity index (χ2n) is 9.20. The summed E-state index contributed by atoms with van der Waals surface area (Å²) < 4.78 is 5.39. The maximum atomic E-state index is 12.1. The molecule has 1 aromatic heterocycles. The molecule has 0 saturated carbocycles. The van der Waals surface area contributed by atoms with Crippen molar-refractivity contribution in [3.8, 4) is 5.75 Å². The standard InChI is InChI=1S/C28H34N2O3S/c1-20-6-9-24(10-7-20)34-17-16-30-15-13-22(26(19-30)28(31)32)5-3-4-21-12-14-29-27-11-8-23(33-2)18-25(21)27/h6-12,14,18,22,26H,3-5,13,15-17,19H2,1-2H3,(H,31,32)/t22-,26+/m1/s1. The third-order valence-corrected chi connectivity index (χ3v) is 7.91. The number of carboxylic acid groups (broad SMARTS) is 1. The van der Waals surface area contributed by atoms with Gasteiger partial charge in [-0.25, -0.2) is 0 Å². The van der Waals surface area contributed by atoms with Crippen LogP contribution in [0.4, 0.5) is 0 Å². The van der Waals surface area contributed by atoms with Gasteiger partial charge in [0.2, 0.25) is 0 Å². The topological polar surface area (TPSA) is 62.7 Å². The Hall–Kier alpha value is -2.57. The molecule has 1 N–H and O–H groups in total. The summed E-state index contributed by atoms with van der Waals surface area (Å²) in [5.74, 6) is 1.12. The minimum absolute atomic E-state index is 0.237. The Morgan fingerprint density at radius 3 is 2.79 bits per heavy atom. The van der Waals surface area contributed by atoms with Crippen LogP contribution in [-0.4, -0.2) is 53.5 Å². The van der Waals surface area contributed by atoms with Gasteiger partial charge in [-0.3, -0.25) is 9.78 Å². The number of benzene rings is 2. The molecule has 1 fully saturated rings. The van der Waals surface area contributed by atoms with Gasteiger partial charge in [0.1, 0.15) is 5.75 Å². The van der Waals surface area contributed by atoms with Gasteiger partial charge in [-0.2, -0.15) is 0 Å². The molecule has 2 aromatic carbocycles. The van der Waals surface area contributed by atoms with Crippen LogP contribution in [0.15, 0.2) is 59.6 Å². The molecule has 180 valence electrons. The first-order valence-corrected chi connectivity index (χ1v) is 13.1. The zero-order chi connectivity index (χ0) is 23.9. The zero-order valence-electron chi connectivity index (χ0n) is 20.1. The smallest absolute Gasteiger partial charge is 0.308 e. The van der Waals surface area contributed by atoms with E-state index in [-0.39, 0.29) is 11.8 Å². The average molecular weight is 479 g/mol. The lowest BCUT2D eigenvalue weighted by molar-refractivity contribution is -0.146. The highest BCUT2D eigenvalue weighted by Gasteiger charge is 2.33. The second kappa shape index (κ2) is 11.7. The van der Waals surface area contributed by atoms with Gasteiger partial charge >= 0.3 is 5.97 Å². The number of carbonyl (C=O) groups is 1. The van der Waals surface area contributed by atoms with Gasteiger partial charge in [0, 0.05) is 35.3 Å². The fourth-order valence-electron chi connectivity index (χ4n) is 4.91. The summed E-state index contributed by atoms with van der Waals surface area (Å²) in [5.41, 5.74) is 3.49. The van der Waals surface area contributed by atoms with Gasteiger partial charge in [0.15, 0.2) is 0 Å². The Bertz CT molecular complexity index is 1100. The Labute approximate surface area is 206 Å². The molecule has 0 radical (unpaired) electrons. The van der Waals surface area contributed by atoms with Crippen LogP contribution in [0.2, 0.25) is 0 Å². The fraction of sp³-hybridized carbons (Fsp3) is 0.429. The number of methoxy groups -OCH3 is 1. The molecule has 1 saturated heterocycles. The van der Waals surface area contributed by atoms with E-state index in [2.05, 4.69) is 47.1 Å². The minimum atomic E-state index is -0.653. The van der Waals surface area contributed by atoms with Crippen LogP contribution < -0.4 is 4.74 Å². The average Bonchev–Trinajstić information content (AvgIpc) is 2.85. The van der Waals surface area contributed by atoms with E-state index >= 15 is 0 Å². The number of likely N-dealkylation sites (tertiary alicyclic amines) is 1. The van der Waals surface area contributed by atoms with Crippen molar-refractivity contribution in [2.45, 2.75) is 37.5 Å². The predicted molar refractivity (Wildman–Crippen MR) is 139 cm³/mol. The van der Waals surface area contributed by atoms with Gasteiger partial charge in [-0.05, 0) is 87.0 Å². The largest absolute Gasteiger partial charge is 0.497 e. The van der Waals surface area contributed by atoms with Crippen LogP contribution in [-0.2, 0) is 11.2 Å². The lowest BCUT2D eigenvalue weighted by Crippen LogP contribution is -2.44. The van der Waals surface area contributed by atoms with E-state index in [0.717, 1.165) is 61.2 Å². The van der Waals surface area contributed by atoms with Crippen LogP contribution in [0.5, 0.6) is 5.75 Å². The van der Waals surface area contributed by atoms with Crippen LogP contribution in [0, 0.1) is 18.8 Å². The monoisotopic (exact) mass is 478 g/mol. The van der Waals surface area contributed by atoms with Crippen LogP contribution in [0.3, 0.4) is 0 Å².